The lowest BCUT2D eigenvalue weighted by Gasteiger charge is -2.14. The summed E-state index contributed by atoms with van der Waals surface area (Å²) in [4.78, 5) is 45.7. The molecule has 5 amide bonds. The van der Waals surface area contributed by atoms with E-state index < -0.39 is 17.8 Å². The number of rotatable bonds is 5. The maximum Gasteiger partial charge on any atom is 0.328 e. The van der Waals surface area contributed by atoms with Gasteiger partial charge in [-0.1, -0.05) is 12.1 Å². The zero-order valence-electron chi connectivity index (χ0n) is 13.2. The molecule has 0 radical (unpaired) electrons. The fourth-order valence-corrected chi connectivity index (χ4v) is 1.95. The zero-order chi connectivity index (χ0) is 17.7. The summed E-state index contributed by atoms with van der Waals surface area (Å²) >= 11 is 0. The highest BCUT2D eigenvalue weighted by molar-refractivity contribution is 6.31. The van der Waals surface area contributed by atoms with Crippen LogP contribution < -0.4 is 20.7 Å². The molecule has 8 heteroatoms. The van der Waals surface area contributed by atoms with Crippen molar-refractivity contribution >= 4 is 29.8 Å². The molecular weight excluding hydrogens is 314 g/mol. The predicted molar refractivity (Wildman–Crippen MR) is 84.9 cm³/mol. The van der Waals surface area contributed by atoms with Gasteiger partial charge >= 0.3 is 6.03 Å². The first-order chi connectivity index (χ1) is 11.3. The molecule has 1 aliphatic rings. The second-order valence-corrected chi connectivity index (χ2v) is 5.38. The summed E-state index contributed by atoms with van der Waals surface area (Å²) in [6.45, 7) is 3.60. The van der Waals surface area contributed by atoms with Gasteiger partial charge in [0.05, 0.1) is 0 Å². The van der Waals surface area contributed by atoms with Crippen molar-refractivity contribution in [3.05, 3.63) is 35.4 Å². The van der Waals surface area contributed by atoms with Crippen LogP contribution in [0.2, 0.25) is 0 Å². The molecule has 1 heterocycles. The third kappa shape index (κ3) is 4.67. The molecule has 1 fully saturated rings. The Kier molecular flexibility index (Phi) is 5.31. The predicted octanol–water partition coefficient (Wildman–Crippen LogP) is 0.339. The molecule has 0 aromatic heterocycles. The molecule has 0 saturated carbocycles. The van der Waals surface area contributed by atoms with Gasteiger partial charge in [-0.25, -0.2) is 4.79 Å². The quantitative estimate of drug-likeness (QED) is 0.532. The van der Waals surface area contributed by atoms with Crippen LogP contribution in [0.5, 0.6) is 5.75 Å². The maximum absolute atomic E-state index is 11.6. The molecule has 24 heavy (non-hydrogen) atoms. The smallest absolute Gasteiger partial charge is 0.328 e. The van der Waals surface area contributed by atoms with Crippen molar-refractivity contribution in [1.29, 1.82) is 0 Å². The van der Waals surface area contributed by atoms with Gasteiger partial charge in [-0.3, -0.25) is 25.0 Å². The van der Waals surface area contributed by atoms with Crippen LogP contribution in [0.25, 0.3) is 6.08 Å². The zero-order valence-corrected chi connectivity index (χ0v) is 13.2. The molecule has 3 N–H and O–H groups in total. The number of carbonyl (C=O) groups is 4. The van der Waals surface area contributed by atoms with E-state index in [0.29, 0.717) is 11.3 Å². The Morgan fingerprint density at radius 2 is 1.71 bits per heavy atom. The third-order valence-corrected chi connectivity index (χ3v) is 2.95. The number of imide groups is 2. The summed E-state index contributed by atoms with van der Waals surface area (Å²) in [6, 6.07) is 5.66. The third-order valence-electron chi connectivity index (χ3n) is 2.95. The highest BCUT2D eigenvalue weighted by Gasteiger charge is 2.27. The van der Waals surface area contributed by atoms with Crippen LogP contribution in [0.15, 0.2) is 29.8 Å². The Labute approximate surface area is 138 Å². The summed E-state index contributed by atoms with van der Waals surface area (Å²) in [5, 5.41) is 6.69. The molecule has 0 spiro atoms. The fraction of sp³-hybridized carbons (Fsp3) is 0.250. The number of hydrogen-bond donors (Lipinski definition) is 3. The minimum atomic E-state index is -0.842. The Bertz CT molecular complexity index is 685. The van der Waals surface area contributed by atoms with Crippen LogP contribution in [0.3, 0.4) is 0 Å². The molecule has 1 saturated heterocycles. The molecule has 1 aliphatic heterocycles. The molecular formula is C16H17N3O5. The van der Waals surface area contributed by atoms with Crippen molar-refractivity contribution in [2.45, 2.75) is 19.9 Å². The number of benzene rings is 1. The van der Waals surface area contributed by atoms with Crippen molar-refractivity contribution in [3.63, 3.8) is 0 Å². The number of amides is 5. The second kappa shape index (κ2) is 7.40. The number of nitrogens with one attached hydrogen (secondary N) is 3. The summed E-state index contributed by atoms with van der Waals surface area (Å²) in [7, 11) is 0. The van der Waals surface area contributed by atoms with E-state index >= 15 is 0 Å². The van der Waals surface area contributed by atoms with Gasteiger partial charge in [0.2, 0.25) is 0 Å². The summed E-state index contributed by atoms with van der Waals surface area (Å²) in [6.07, 6.45) is 1.35. The number of ether oxygens (including phenoxy) is 1. The SMILES string of the molecule is CC(C)NC(=O)COc1ccc(C=C2C(=O)NC(=O)NC2=O)cc1. The van der Waals surface area contributed by atoms with Crippen molar-refractivity contribution in [1.82, 2.24) is 16.0 Å². The van der Waals surface area contributed by atoms with Crippen LogP contribution >= 0.6 is 0 Å². The Morgan fingerprint density at radius 1 is 1.12 bits per heavy atom. The normalized spacial score (nSPS) is 14.1. The lowest BCUT2D eigenvalue weighted by molar-refractivity contribution is -0.124. The van der Waals surface area contributed by atoms with Crippen LogP contribution in [0, 0.1) is 0 Å². The van der Waals surface area contributed by atoms with E-state index in [4.69, 9.17) is 4.74 Å². The van der Waals surface area contributed by atoms with Crippen LogP contribution in [-0.2, 0) is 14.4 Å². The van der Waals surface area contributed by atoms with Crippen molar-refractivity contribution in [2.24, 2.45) is 0 Å². The van der Waals surface area contributed by atoms with Gasteiger partial charge in [-0.2, -0.15) is 0 Å². The monoisotopic (exact) mass is 331 g/mol. The summed E-state index contributed by atoms with van der Waals surface area (Å²) in [5.41, 5.74) is 0.406. The van der Waals surface area contributed by atoms with Crippen LogP contribution in [0.1, 0.15) is 19.4 Å². The van der Waals surface area contributed by atoms with Gasteiger partial charge in [-0.05, 0) is 37.6 Å². The first-order valence-corrected chi connectivity index (χ1v) is 7.25. The number of hydrogen-bond acceptors (Lipinski definition) is 5. The second-order valence-electron chi connectivity index (χ2n) is 5.38. The average Bonchev–Trinajstić information content (AvgIpc) is 2.49. The van der Waals surface area contributed by atoms with E-state index in [1.807, 2.05) is 24.5 Å². The first-order valence-electron chi connectivity index (χ1n) is 7.25. The van der Waals surface area contributed by atoms with Gasteiger partial charge in [0.25, 0.3) is 17.7 Å². The molecule has 1 aromatic carbocycles. The molecule has 0 bridgehead atoms. The minimum Gasteiger partial charge on any atom is -0.484 e. The van der Waals surface area contributed by atoms with E-state index in [9.17, 15) is 19.2 Å². The minimum absolute atomic E-state index is 0.0368. The van der Waals surface area contributed by atoms with Gasteiger partial charge in [-0.15, -0.1) is 0 Å². The molecule has 8 nitrogen and oxygen atoms in total. The van der Waals surface area contributed by atoms with Crippen molar-refractivity contribution in [3.8, 4) is 5.75 Å². The van der Waals surface area contributed by atoms with E-state index in [1.165, 1.54) is 6.08 Å². The highest BCUT2D eigenvalue weighted by atomic mass is 16.5. The van der Waals surface area contributed by atoms with Crippen molar-refractivity contribution < 1.29 is 23.9 Å². The standard InChI is InChI=1S/C16H17N3O5/c1-9(2)17-13(20)8-24-11-5-3-10(4-6-11)7-12-14(21)18-16(23)19-15(12)22/h3-7,9H,8H2,1-2H3,(H,17,20)(H2,18,19,21,22,23). The van der Waals surface area contributed by atoms with E-state index in [1.54, 1.807) is 24.3 Å². The molecule has 126 valence electrons. The van der Waals surface area contributed by atoms with Gasteiger partial charge < -0.3 is 10.1 Å². The van der Waals surface area contributed by atoms with Gasteiger partial charge in [0.15, 0.2) is 6.61 Å². The lowest BCUT2D eigenvalue weighted by atomic mass is 10.1. The number of urea groups is 1. The molecule has 0 atom stereocenters. The van der Waals surface area contributed by atoms with Gasteiger partial charge in [0, 0.05) is 6.04 Å². The van der Waals surface area contributed by atoms with Gasteiger partial charge in [0.1, 0.15) is 11.3 Å². The first kappa shape index (κ1) is 17.2. The molecule has 2 rings (SSSR count). The molecule has 0 aliphatic carbocycles. The number of barbiturate groups is 1. The Balaban J connectivity index is 2.00. The maximum atomic E-state index is 11.6. The van der Waals surface area contributed by atoms with E-state index in [2.05, 4.69) is 5.32 Å². The van der Waals surface area contributed by atoms with Crippen LogP contribution in [-0.4, -0.2) is 36.4 Å². The highest BCUT2D eigenvalue weighted by Crippen LogP contribution is 2.15. The van der Waals surface area contributed by atoms with Crippen LogP contribution in [0.4, 0.5) is 4.79 Å². The van der Waals surface area contributed by atoms with E-state index in [0.717, 1.165) is 0 Å². The van der Waals surface area contributed by atoms with Crippen molar-refractivity contribution in [2.75, 3.05) is 6.61 Å². The van der Waals surface area contributed by atoms with E-state index in [-0.39, 0.29) is 24.1 Å². The molecule has 0 unspecified atom stereocenters. The fourth-order valence-electron chi connectivity index (χ4n) is 1.95. The molecule has 1 aromatic rings. The average molecular weight is 331 g/mol. The lowest BCUT2D eigenvalue weighted by Crippen LogP contribution is -2.51. The summed E-state index contributed by atoms with van der Waals surface area (Å²) < 4.78 is 5.33. The Hall–Kier alpha value is -3.16. The Morgan fingerprint density at radius 3 is 2.25 bits per heavy atom. The number of carbonyl (C=O) groups excluding carboxylic acids is 4. The topological polar surface area (TPSA) is 114 Å². The largest absolute Gasteiger partial charge is 0.484 e. The summed E-state index contributed by atoms with van der Waals surface area (Å²) in [5.74, 6) is -1.26.